The monoisotopic (exact) mass is 404 g/mol. The smallest absolute Gasteiger partial charge is 0.260 e. The number of aromatic nitrogens is 2. The molecule has 0 spiro atoms. The fraction of sp³-hybridized carbons (Fsp3) is 0.292. The highest BCUT2D eigenvalue weighted by atomic mass is 16.5. The lowest BCUT2D eigenvalue weighted by Gasteiger charge is -2.19. The topological polar surface area (TPSA) is 70.4 Å². The van der Waals surface area contributed by atoms with Crippen molar-refractivity contribution < 1.29 is 14.3 Å². The molecule has 0 radical (unpaired) electrons. The van der Waals surface area contributed by atoms with Gasteiger partial charge >= 0.3 is 0 Å². The summed E-state index contributed by atoms with van der Waals surface area (Å²) in [5.74, 6) is 1.86. The average Bonchev–Trinajstić information content (AvgIpc) is 2.80. The third-order valence-electron chi connectivity index (χ3n) is 5.40. The number of hydrogen-bond acceptors (Lipinski definition) is 5. The third-order valence-corrected chi connectivity index (χ3v) is 5.40. The average molecular weight is 404 g/mol. The van der Waals surface area contributed by atoms with Gasteiger partial charge in [-0.3, -0.25) is 14.2 Å². The Kier molecular flexibility index (Phi) is 5.65. The second-order valence-electron chi connectivity index (χ2n) is 7.42. The maximum atomic E-state index is 12.6. The van der Waals surface area contributed by atoms with E-state index in [0.29, 0.717) is 28.3 Å². The maximum absolute atomic E-state index is 12.6. The van der Waals surface area contributed by atoms with Gasteiger partial charge in [0.05, 0.1) is 12.7 Å². The zero-order valence-electron chi connectivity index (χ0n) is 17.2. The minimum Gasteiger partial charge on any atom is -0.497 e. The number of fused-ring (bicyclic) bond motifs is 1. The molecule has 0 unspecified atom stereocenters. The van der Waals surface area contributed by atoms with Gasteiger partial charge in [0.25, 0.3) is 5.56 Å². The van der Waals surface area contributed by atoms with E-state index in [1.807, 2.05) is 12.1 Å². The zero-order valence-corrected chi connectivity index (χ0v) is 17.2. The number of nitrogens with zero attached hydrogens (tertiary/aromatic N) is 2. The van der Waals surface area contributed by atoms with Crippen LogP contribution in [0, 0.1) is 6.92 Å². The molecule has 2 heterocycles. The molecule has 6 nitrogen and oxygen atoms in total. The summed E-state index contributed by atoms with van der Waals surface area (Å²) in [6.07, 6.45) is 2.85. The largest absolute Gasteiger partial charge is 0.497 e. The second-order valence-corrected chi connectivity index (χ2v) is 7.42. The molecule has 3 aromatic rings. The molecule has 154 valence electrons. The SMILES string of the molecule is COc1ccc(C(=O)c2ccc(COc3nc4n(c(=O)c3C)CCCC4)cc2)cc1. The van der Waals surface area contributed by atoms with Gasteiger partial charge < -0.3 is 9.47 Å². The van der Waals surface area contributed by atoms with Crippen LogP contribution >= 0.6 is 0 Å². The van der Waals surface area contributed by atoms with Crippen LogP contribution in [0.25, 0.3) is 0 Å². The maximum Gasteiger partial charge on any atom is 0.260 e. The van der Waals surface area contributed by atoms with E-state index >= 15 is 0 Å². The van der Waals surface area contributed by atoms with E-state index in [1.54, 1.807) is 55.0 Å². The summed E-state index contributed by atoms with van der Waals surface area (Å²) in [5.41, 5.74) is 2.63. The number of rotatable bonds is 6. The van der Waals surface area contributed by atoms with E-state index in [9.17, 15) is 9.59 Å². The van der Waals surface area contributed by atoms with Crippen LogP contribution in [0.1, 0.15) is 45.7 Å². The van der Waals surface area contributed by atoms with E-state index in [0.717, 1.165) is 37.2 Å². The summed E-state index contributed by atoms with van der Waals surface area (Å²) in [5, 5.41) is 0. The van der Waals surface area contributed by atoms with Crippen LogP contribution in [0.15, 0.2) is 53.3 Å². The molecule has 0 bridgehead atoms. The first-order chi connectivity index (χ1) is 14.6. The number of benzene rings is 2. The number of aryl methyl sites for hydroxylation is 1. The fourth-order valence-corrected chi connectivity index (χ4v) is 3.60. The van der Waals surface area contributed by atoms with Crippen LogP contribution < -0.4 is 15.0 Å². The van der Waals surface area contributed by atoms with Gasteiger partial charge in [0.15, 0.2) is 5.78 Å². The third kappa shape index (κ3) is 3.99. The van der Waals surface area contributed by atoms with Crippen molar-refractivity contribution in [1.82, 2.24) is 9.55 Å². The molecule has 0 amide bonds. The molecule has 0 saturated carbocycles. The van der Waals surface area contributed by atoms with Crippen LogP contribution in [-0.4, -0.2) is 22.4 Å². The summed E-state index contributed by atoms with van der Waals surface area (Å²) in [7, 11) is 1.59. The van der Waals surface area contributed by atoms with Crippen LogP contribution in [-0.2, 0) is 19.6 Å². The molecule has 0 fully saturated rings. The Morgan fingerprint density at radius 2 is 1.70 bits per heavy atom. The van der Waals surface area contributed by atoms with Crippen molar-refractivity contribution in [2.24, 2.45) is 0 Å². The molecule has 30 heavy (non-hydrogen) atoms. The Balaban J connectivity index is 1.46. The number of ether oxygens (including phenoxy) is 2. The van der Waals surface area contributed by atoms with Gasteiger partial charge in [-0.05, 0) is 49.6 Å². The number of carbonyl (C=O) groups is 1. The number of ketones is 1. The molecular formula is C24H24N2O4. The molecule has 4 rings (SSSR count). The number of methoxy groups -OCH3 is 1. The zero-order chi connectivity index (χ0) is 21.1. The van der Waals surface area contributed by atoms with Gasteiger partial charge in [0.1, 0.15) is 18.2 Å². The standard InChI is InChI=1S/C24H24N2O4/c1-16-23(25-21-5-3-4-14-26(21)24(16)28)30-15-17-6-8-18(9-7-17)22(27)19-10-12-20(29-2)13-11-19/h6-13H,3-5,14-15H2,1-2H3. The lowest BCUT2D eigenvalue weighted by atomic mass is 10.0. The molecule has 2 aromatic carbocycles. The van der Waals surface area contributed by atoms with Crippen molar-refractivity contribution in [2.45, 2.75) is 39.3 Å². The number of carbonyl (C=O) groups excluding carboxylic acids is 1. The van der Waals surface area contributed by atoms with Gasteiger partial charge in [0, 0.05) is 24.1 Å². The fourth-order valence-electron chi connectivity index (χ4n) is 3.60. The first-order valence-electron chi connectivity index (χ1n) is 10.1. The van der Waals surface area contributed by atoms with Gasteiger partial charge in [-0.25, -0.2) is 0 Å². The molecule has 6 heteroatoms. The molecule has 1 aliphatic heterocycles. The quantitative estimate of drug-likeness (QED) is 0.586. The van der Waals surface area contributed by atoms with Crippen LogP contribution in [0.3, 0.4) is 0 Å². The molecule has 0 atom stereocenters. The number of hydrogen-bond donors (Lipinski definition) is 0. The first kappa shape index (κ1) is 19.9. The summed E-state index contributed by atoms with van der Waals surface area (Å²) in [6.45, 7) is 2.77. The van der Waals surface area contributed by atoms with Gasteiger partial charge in [-0.2, -0.15) is 4.98 Å². The van der Waals surface area contributed by atoms with E-state index in [4.69, 9.17) is 9.47 Å². The molecule has 1 aromatic heterocycles. The Hall–Kier alpha value is -3.41. The minimum atomic E-state index is -0.0506. The van der Waals surface area contributed by atoms with Crippen molar-refractivity contribution >= 4 is 5.78 Å². The minimum absolute atomic E-state index is 0.0184. The lowest BCUT2D eigenvalue weighted by molar-refractivity contribution is 0.103. The molecule has 1 aliphatic rings. The predicted molar refractivity (Wildman–Crippen MR) is 113 cm³/mol. The van der Waals surface area contributed by atoms with Crippen molar-refractivity contribution in [3.05, 3.63) is 87.0 Å². The van der Waals surface area contributed by atoms with Crippen molar-refractivity contribution in [3.8, 4) is 11.6 Å². The Labute approximate surface area is 175 Å². The molecular weight excluding hydrogens is 380 g/mol. The van der Waals surface area contributed by atoms with Gasteiger partial charge in [-0.15, -0.1) is 0 Å². The second kappa shape index (κ2) is 8.53. The van der Waals surface area contributed by atoms with Crippen LogP contribution in [0.2, 0.25) is 0 Å². The first-order valence-corrected chi connectivity index (χ1v) is 10.1. The predicted octanol–water partition coefficient (Wildman–Crippen LogP) is 3.71. The Morgan fingerprint density at radius 3 is 2.37 bits per heavy atom. The van der Waals surface area contributed by atoms with Gasteiger partial charge in [-0.1, -0.05) is 24.3 Å². The summed E-state index contributed by atoms with van der Waals surface area (Å²) in [6, 6.07) is 14.3. The highest BCUT2D eigenvalue weighted by molar-refractivity contribution is 6.09. The highest BCUT2D eigenvalue weighted by Gasteiger charge is 2.17. The normalized spacial score (nSPS) is 12.9. The van der Waals surface area contributed by atoms with E-state index in [1.165, 1.54) is 0 Å². The molecule has 0 N–H and O–H groups in total. The summed E-state index contributed by atoms with van der Waals surface area (Å²) >= 11 is 0. The van der Waals surface area contributed by atoms with Crippen molar-refractivity contribution in [1.29, 1.82) is 0 Å². The van der Waals surface area contributed by atoms with E-state index in [2.05, 4.69) is 4.98 Å². The molecule has 0 aliphatic carbocycles. The summed E-state index contributed by atoms with van der Waals surface area (Å²) < 4.78 is 12.7. The summed E-state index contributed by atoms with van der Waals surface area (Å²) in [4.78, 5) is 29.7. The van der Waals surface area contributed by atoms with Crippen molar-refractivity contribution in [3.63, 3.8) is 0 Å². The van der Waals surface area contributed by atoms with Gasteiger partial charge in [0.2, 0.25) is 5.88 Å². The van der Waals surface area contributed by atoms with Crippen LogP contribution in [0.4, 0.5) is 0 Å². The Bertz CT molecular complexity index is 1120. The van der Waals surface area contributed by atoms with Crippen LogP contribution in [0.5, 0.6) is 11.6 Å². The Morgan fingerprint density at radius 1 is 1.03 bits per heavy atom. The van der Waals surface area contributed by atoms with Crippen molar-refractivity contribution in [2.75, 3.05) is 7.11 Å². The van der Waals surface area contributed by atoms with E-state index < -0.39 is 0 Å². The lowest BCUT2D eigenvalue weighted by Crippen LogP contribution is -2.30. The van der Waals surface area contributed by atoms with E-state index in [-0.39, 0.29) is 17.9 Å². The highest BCUT2D eigenvalue weighted by Crippen LogP contribution is 2.19. The molecule has 0 saturated heterocycles.